The van der Waals surface area contributed by atoms with Crippen molar-refractivity contribution in [2.24, 2.45) is 5.92 Å². The quantitative estimate of drug-likeness (QED) is 0.779. The van der Waals surface area contributed by atoms with Crippen LogP contribution in [0, 0.1) is 17.6 Å². The smallest absolute Gasteiger partial charge is 0.236 e. The molecule has 0 N–H and O–H groups in total. The highest BCUT2D eigenvalue weighted by Gasteiger charge is 2.22. The van der Waals surface area contributed by atoms with E-state index >= 15 is 0 Å². The molecule has 0 saturated heterocycles. The lowest BCUT2D eigenvalue weighted by atomic mass is 10.1. The topological polar surface area (TPSA) is 20.3 Å². The second kappa shape index (κ2) is 6.27. The van der Waals surface area contributed by atoms with Crippen molar-refractivity contribution in [1.82, 2.24) is 4.90 Å². The molecule has 0 aliphatic heterocycles. The number of halogens is 3. The van der Waals surface area contributed by atoms with E-state index in [1.807, 2.05) is 13.8 Å². The van der Waals surface area contributed by atoms with Crippen molar-refractivity contribution < 1.29 is 13.6 Å². The van der Waals surface area contributed by atoms with Crippen LogP contribution in [0.5, 0.6) is 0 Å². The number of alkyl halides is 1. The molecule has 5 heteroatoms. The zero-order chi connectivity index (χ0) is 13.9. The molecular formula is C13H16BrF2NO. The zero-order valence-electron chi connectivity index (χ0n) is 10.6. The van der Waals surface area contributed by atoms with Crippen LogP contribution in [-0.2, 0) is 11.3 Å². The zero-order valence-corrected chi connectivity index (χ0v) is 12.2. The van der Waals surface area contributed by atoms with Crippen LogP contribution in [-0.4, -0.2) is 22.7 Å². The van der Waals surface area contributed by atoms with E-state index in [-0.39, 0.29) is 23.2 Å². The van der Waals surface area contributed by atoms with E-state index in [0.29, 0.717) is 5.56 Å². The van der Waals surface area contributed by atoms with Gasteiger partial charge < -0.3 is 4.90 Å². The normalized spacial score (nSPS) is 12.6. The van der Waals surface area contributed by atoms with Crippen molar-refractivity contribution >= 4 is 21.8 Å². The Bertz CT molecular complexity index is 437. The lowest BCUT2D eigenvalue weighted by Crippen LogP contribution is -2.35. The van der Waals surface area contributed by atoms with Gasteiger partial charge in [-0.25, -0.2) is 8.78 Å². The largest absolute Gasteiger partial charge is 0.340 e. The minimum Gasteiger partial charge on any atom is -0.340 e. The molecule has 18 heavy (non-hydrogen) atoms. The Hall–Kier alpha value is -0.970. The van der Waals surface area contributed by atoms with Crippen LogP contribution in [0.15, 0.2) is 18.2 Å². The fourth-order valence-electron chi connectivity index (χ4n) is 1.49. The summed E-state index contributed by atoms with van der Waals surface area (Å²) in [6.45, 7) is 4.12. The summed E-state index contributed by atoms with van der Waals surface area (Å²) in [5.74, 6) is -1.68. The third-order valence-corrected chi connectivity index (χ3v) is 4.05. The van der Waals surface area contributed by atoms with Crippen LogP contribution in [0.25, 0.3) is 0 Å². The number of rotatable bonds is 4. The molecule has 1 aromatic carbocycles. The minimum absolute atomic E-state index is 0.0743. The van der Waals surface area contributed by atoms with Crippen LogP contribution < -0.4 is 0 Å². The third-order valence-electron chi connectivity index (χ3n) is 2.60. The summed E-state index contributed by atoms with van der Waals surface area (Å²) in [7, 11) is 1.64. The molecule has 1 atom stereocenters. The highest BCUT2D eigenvalue weighted by atomic mass is 79.9. The SMILES string of the molecule is CC(C)C(Br)C(=O)N(C)Cc1ccc(F)c(F)c1. The summed E-state index contributed by atoms with van der Waals surface area (Å²) in [4.78, 5) is 13.2. The van der Waals surface area contributed by atoms with E-state index in [4.69, 9.17) is 0 Å². The van der Waals surface area contributed by atoms with Crippen molar-refractivity contribution in [3.05, 3.63) is 35.4 Å². The molecule has 0 fully saturated rings. The lowest BCUT2D eigenvalue weighted by Gasteiger charge is -2.22. The third kappa shape index (κ3) is 3.77. The van der Waals surface area contributed by atoms with Gasteiger partial charge in [-0.15, -0.1) is 0 Å². The van der Waals surface area contributed by atoms with Crippen LogP contribution in [0.1, 0.15) is 19.4 Å². The fourth-order valence-corrected chi connectivity index (χ4v) is 1.83. The second-order valence-electron chi connectivity index (χ2n) is 4.59. The van der Waals surface area contributed by atoms with Gasteiger partial charge >= 0.3 is 0 Å². The first-order chi connectivity index (χ1) is 8.32. The number of amides is 1. The minimum atomic E-state index is -0.896. The van der Waals surface area contributed by atoms with Crippen LogP contribution >= 0.6 is 15.9 Å². The predicted octanol–water partition coefficient (Wildman–Crippen LogP) is 3.34. The van der Waals surface area contributed by atoms with Crippen LogP contribution in [0.3, 0.4) is 0 Å². The Labute approximate surface area is 114 Å². The molecule has 0 heterocycles. The monoisotopic (exact) mass is 319 g/mol. The number of carbonyl (C=O) groups excluding carboxylic acids is 1. The molecular weight excluding hydrogens is 304 g/mol. The Morgan fingerprint density at radius 3 is 2.44 bits per heavy atom. The first kappa shape index (κ1) is 15.1. The average Bonchev–Trinajstić information content (AvgIpc) is 2.31. The molecule has 0 radical (unpaired) electrons. The van der Waals surface area contributed by atoms with Gasteiger partial charge in [0.1, 0.15) is 0 Å². The fraction of sp³-hybridized carbons (Fsp3) is 0.462. The second-order valence-corrected chi connectivity index (χ2v) is 5.58. The number of hydrogen-bond acceptors (Lipinski definition) is 1. The maximum atomic E-state index is 13.0. The molecule has 0 aromatic heterocycles. The van der Waals surface area contributed by atoms with E-state index in [9.17, 15) is 13.6 Å². The average molecular weight is 320 g/mol. The van der Waals surface area contributed by atoms with Gasteiger partial charge in [0.2, 0.25) is 5.91 Å². The molecule has 0 saturated carbocycles. The summed E-state index contributed by atoms with van der Waals surface area (Å²) in [6, 6.07) is 3.65. The van der Waals surface area contributed by atoms with Gasteiger partial charge in [-0.2, -0.15) is 0 Å². The van der Waals surface area contributed by atoms with Crippen molar-refractivity contribution in [3.63, 3.8) is 0 Å². The summed E-state index contributed by atoms with van der Waals surface area (Å²) in [5, 5.41) is 0. The highest BCUT2D eigenvalue weighted by Crippen LogP contribution is 2.16. The van der Waals surface area contributed by atoms with Gasteiger partial charge in [0.25, 0.3) is 0 Å². The Balaban J connectivity index is 2.72. The molecule has 0 bridgehead atoms. The van der Waals surface area contributed by atoms with Crippen molar-refractivity contribution in [1.29, 1.82) is 0 Å². The predicted molar refractivity (Wildman–Crippen MR) is 70.4 cm³/mol. The Morgan fingerprint density at radius 1 is 1.33 bits per heavy atom. The van der Waals surface area contributed by atoms with Gasteiger partial charge in [-0.3, -0.25) is 4.79 Å². The van der Waals surface area contributed by atoms with Crippen molar-refractivity contribution in [2.75, 3.05) is 7.05 Å². The van der Waals surface area contributed by atoms with Crippen LogP contribution in [0.2, 0.25) is 0 Å². The van der Waals surface area contributed by atoms with Gasteiger partial charge in [0.05, 0.1) is 4.83 Å². The number of hydrogen-bond donors (Lipinski definition) is 0. The summed E-state index contributed by atoms with van der Waals surface area (Å²) in [5.41, 5.74) is 0.563. The molecule has 1 amide bonds. The van der Waals surface area contributed by atoms with E-state index < -0.39 is 11.6 Å². The van der Waals surface area contributed by atoms with Gasteiger partial charge in [-0.05, 0) is 23.6 Å². The van der Waals surface area contributed by atoms with E-state index in [1.165, 1.54) is 11.0 Å². The maximum Gasteiger partial charge on any atom is 0.236 e. The van der Waals surface area contributed by atoms with Gasteiger partial charge in [-0.1, -0.05) is 35.8 Å². The number of benzene rings is 1. The van der Waals surface area contributed by atoms with Crippen molar-refractivity contribution in [2.45, 2.75) is 25.2 Å². The Morgan fingerprint density at radius 2 is 1.94 bits per heavy atom. The van der Waals surface area contributed by atoms with Gasteiger partial charge in [0, 0.05) is 13.6 Å². The summed E-state index contributed by atoms with van der Waals surface area (Å²) in [6.07, 6.45) is 0. The Kier molecular flexibility index (Phi) is 5.26. The van der Waals surface area contributed by atoms with E-state index in [1.54, 1.807) is 7.05 Å². The number of carbonyl (C=O) groups is 1. The molecule has 0 aliphatic carbocycles. The van der Waals surface area contributed by atoms with Gasteiger partial charge in [0.15, 0.2) is 11.6 Å². The van der Waals surface area contributed by atoms with E-state index in [0.717, 1.165) is 12.1 Å². The summed E-state index contributed by atoms with van der Waals surface area (Å²) < 4.78 is 25.8. The van der Waals surface area contributed by atoms with Crippen molar-refractivity contribution in [3.8, 4) is 0 Å². The lowest BCUT2D eigenvalue weighted by molar-refractivity contribution is -0.130. The number of nitrogens with zero attached hydrogens (tertiary/aromatic N) is 1. The van der Waals surface area contributed by atoms with Crippen LogP contribution in [0.4, 0.5) is 8.78 Å². The first-order valence-electron chi connectivity index (χ1n) is 5.66. The first-order valence-corrected chi connectivity index (χ1v) is 6.57. The molecule has 1 rings (SSSR count). The highest BCUT2D eigenvalue weighted by molar-refractivity contribution is 9.10. The summed E-state index contributed by atoms with van der Waals surface area (Å²) >= 11 is 3.32. The molecule has 1 unspecified atom stereocenters. The van der Waals surface area contributed by atoms with E-state index in [2.05, 4.69) is 15.9 Å². The molecule has 1 aromatic rings. The maximum absolute atomic E-state index is 13.0. The molecule has 0 aliphatic rings. The molecule has 2 nitrogen and oxygen atoms in total. The molecule has 0 spiro atoms. The standard InChI is InChI=1S/C13H16BrF2NO/c1-8(2)12(14)13(18)17(3)7-9-4-5-10(15)11(16)6-9/h4-6,8,12H,7H2,1-3H3. The molecule has 100 valence electrons.